The average Bonchev–Trinajstić information content (AvgIpc) is 2.97. The fraction of sp³-hybridized carbons (Fsp3) is 0.647. The average molecular weight is 314 g/mol. The van der Waals surface area contributed by atoms with Crippen molar-refractivity contribution in [2.45, 2.75) is 57.1 Å². The number of hydrogen-bond acceptors (Lipinski definition) is 2. The fourth-order valence-corrected chi connectivity index (χ4v) is 3.55. The molecule has 1 aromatic rings. The Balaban J connectivity index is 2.21. The summed E-state index contributed by atoms with van der Waals surface area (Å²) >= 11 is 6.23. The number of benzene rings is 1. The van der Waals surface area contributed by atoms with E-state index >= 15 is 0 Å². The van der Waals surface area contributed by atoms with Crippen LogP contribution in [0.2, 0.25) is 5.02 Å². The van der Waals surface area contributed by atoms with Gasteiger partial charge in [-0.15, -0.1) is 0 Å². The first-order valence-corrected chi connectivity index (χ1v) is 8.21. The monoisotopic (exact) mass is 313 g/mol. The first-order valence-electron chi connectivity index (χ1n) is 7.84. The molecular weight excluding hydrogens is 289 g/mol. The topological polar surface area (TPSA) is 21.3 Å². The number of nitrogens with one attached hydrogen (secondary N) is 1. The largest absolute Gasteiger partial charge is 0.377 e. The molecule has 2 rings (SSSR count). The number of methoxy groups -OCH3 is 1. The van der Waals surface area contributed by atoms with Crippen LogP contribution in [0.5, 0.6) is 0 Å². The van der Waals surface area contributed by atoms with Crippen molar-refractivity contribution in [3.63, 3.8) is 0 Å². The quantitative estimate of drug-likeness (QED) is 0.808. The van der Waals surface area contributed by atoms with Gasteiger partial charge in [-0.1, -0.05) is 31.4 Å². The second kappa shape index (κ2) is 7.57. The molecule has 1 atom stereocenters. The molecule has 4 heteroatoms. The normalized spacial score (nSPS) is 18.9. The van der Waals surface area contributed by atoms with E-state index in [0.717, 1.165) is 31.4 Å². The maximum absolute atomic E-state index is 13.5. The van der Waals surface area contributed by atoms with Crippen LogP contribution in [0.4, 0.5) is 4.39 Å². The third-order valence-corrected chi connectivity index (χ3v) is 4.93. The van der Waals surface area contributed by atoms with Gasteiger partial charge in [0.15, 0.2) is 0 Å². The minimum absolute atomic E-state index is 0.148. The van der Waals surface area contributed by atoms with Crippen LogP contribution in [0.1, 0.15) is 44.6 Å². The molecular formula is C17H25ClFNO. The molecule has 1 aliphatic rings. The third-order valence-electron chi connectivity index (χ3n) is 4.56. The standard InChI is InChI=1S/C17H25ClFNO/c1-3-10-20-16(17(21-2)8-4-5-9-17)12-13-11-14(19)6-7-15(13)18/h6-7,11,16,20H,3-5,8-10,12H2,1-2H3. The van der Waals surface area contributed by atoms with Crippen LogP contribution in [-0.2, 0) is 11.2 Å². The van der Waals surface area contributed by atoms with Gasteiger partial charge in [-0.2, -0.15) is 0 Å². The van der Waals surface area contributed by atoms with Gasteiger partial charge in [-0.05, 0) is 56.0 Å². The molecule has 0 spiro atoms. The molecule has 1 N–H and O–H groups in total. The molecule has 0 bridgehead atoms. The van der Waals surface area contributed by atoms with E-state index in [1.54, 1.807) is 19.2 Å². The van der Waals surface area contributed by atoms with E-state index in [-0.39, 0.29) is 17.5 Å². The summed E-state index contributed by atoms with van der Waals surface area (Å²) in [5.74, 6) is -0.235. The molecule has 1 fully saturated rings. The maximum atomic E-state index is 13.5. The Morgan fingerprint density at radius 1 is 1.38 bits per heavy atom. The number of ether oxygens (including phenoxy) is 1. The molecule has 0 aromatic heterocycles. The lowest BCUT2D eigenvalue weighted by molar-refractivity contribution is -0.0354. The third kappa shape index (κ3) is 3.97. The highest BCUT2D eigenvalue weighted by atomic mass is 35.5. The van der Waals surface area contributed by atoms with E-state index in [4.69, 9.17) is 16.3 Å². The molecule has 0 radical (unpaired) electrons. The van der Waals surface area contributed by atoms with Gasteiger partial charge in [0.1, 0.15) is 5.82 Å². The van der Waals surface area contributed by atoms with E-state index in [9.17, 15) is 4.39 Å². The van der Waals surface area contributed by atoms with Crippen molar-refractivity contribution in [3.05, 3.63) is 34.6 Å². The molecule has 0 amide bonds. The summed E-state index contributed by atoms with van der Waals surface area (Å²) in [5.41, 5.74) is 0.707. The molecule has 21 heavy (non-hydrogen) atoms. The second-order valence-electron chi connectivity index (χ2n) is 5.92. The first kappa shape index (κ1) is 16.7. The second-order valence-corrected chi connectivity index (χ2v) is 6.33. The molecule has 1 aliphatic carbocycles. The molecule has 0 saturated heterocycles. The number of halogens is 2. The van der Waals surface area contributed by atoms with Gasteiger partial charge >= 0.3 is 0 Å². The van der Waals surface area contributed by atoms with E-state index in [2.05, 4.69) is 12.2 Å². The van der Waals surface area contributed by atoms with E-state index in [1.807, 2.05) is 0 Å². The zero-order valence-electron chi connectivity index (χ0n) is 12.9. The van der Waals surface area contributed by atoms with Crippen molar-refractivity contribution >= 4 is 11.6 Å². The minimum Gasteiger partial charge on any atom is -0.377 e. The van der Waals surface area contributed by atoms with Gasteiger partial charge in [0, 0.05) is 18.2 Å². The van der Waals surface area contributed by atoms with Crippen molar-refractivity contribution in [2.24, 2.45) is 0 Å². The van der Waals surface area contributed by atoms with Crippen molar-refractivity contribution < 1.29 is 9.13 Å². The zero-order valence-corrected chi connectivity index (χ0v) is 13.7. The van der Waals surface area contributed by atoms with Crippen LogP contribution in [0, 0.1) is 5.82 Å². The smallest absolute Gasteiger partial charge is 0.123 e. The van der Waals surface area contributed by atoms with E-state index in [1.165, 1.54) is 18.9 Å². The maximum Gasteiger partial charge on any atom is 0.123 e. The highest BCUT2D eigenvalue weighted by Gasteiger charge is 2.41. The summed E-state index contributed by atoms with van der Waals surface area (Å²) in [6, 6.07) is 4.75. The van der Waals surface area contributed by atoms with Crippen LogP contribution in [-0.4, -0.2) is 25.3 Å². The molecule has 2 nitrogen and oxygen atoms in total. The van der Waals surface area contributed by atoms with Crippen LogP contribution in [0.3, 0.4) is 0 Å². The van der Waals surface area contributed by atoms with Gasteiger partial charge in [-0.25, -0.2) is 4.39 Å². The van der Waals surface area contributed by atoms with Crippen molar-refractivity contribution in [1.29, 1.82) is 0 Å². The van der Waals surface area contributed by atoms with Gasteiger partial charge in [0.05, 0.1) is 5.60 Å². The van der Waals surface area contributed by atoms with Gasteiger partial charge < -0.3 is 10.1 Å². The van der Waals surface area contributed by atoms with Crippen LogP contribution < -0.4 is 5.32 Å². The Morgan fingerprint density at radius 3 is 2.71 bits per heavy atom. The molecule has 0 heterocycles. The SMILES string of the molecule is CCCNC(Cc1cc(F)ccc1Cl)C1(OC)CCCC1. The van der Waals surface area contributed by atoms with E-state index < -0.39 is 0 Å². The Morgan fingerprint density at radius 2 is 2.10 bits per heavy atom. The lowest BCUT2D eigenvalue weighted by Gasteiger charge is -2.37. The Bertz CT molecular complexity index is 460. The van der Waals surface area contributed by atoms with Crippen LogP contribution in [0.15, 0.2) is 18.2 Å². The molecule has 1 unspecified atom stereocenters. The summed E-state index contributed by atoms with van der Waals surface area (Å²) in [6.07, 6.45) is 6.25. The molecule has 1 saturated carbocycles. The predicted molar refractivity (Wildman–Crippen MR) is 85.4 cm³/mol. The highest BCUT2D eigenvalue weighted by Crippen LogP contribution is 2.37. The molecule has 1 aromatic carbocycles. The number of hydrogen-bond donors (Lipinski definition) is 1. The van der Waals surface area contributed by atoms with Crippen molar-refractivity contribution in [1.82, 2.24) is 5.32 Å². The molecule has 0 aliphatic heterocycles. The van der Waals surface area contributed by atoms with Gasteiger partial charge in [0.2, 0.25) is 0 Å². The Hall–Kier alpha value is -0.640. The lowest BCUT2D eigenvalue weighted by atomic mass is 9.87. The summed E-state index contributed by atoms with van der Waals surface area (Å²) in [6.45, 7) is 3.08. The van der Waals surface area contributed by atoms with E-state index in [0.29, 0.717) is 11.4 Å². The molecule has 118 valence electrons. The summed E-state index contributed by atoms with van der Waals surface area (Å²) in [5, 5.41) is 4.22. The van der Waals surface area contributed by atoms with Gasteiger partial charge in [0.25, 0.3) is 0 Å². The Labute approximate surface area is 132 Å². The van der Waals surface area contributed by atoms with Crippen LogP contribution >= 0.6 is 11.6 Å². The fourth-order valence-electron chi connectivity index (χ4n) is 3.35. The van der Waals surface area contributed by atoms with Gasteiger partial charge in [-0.3, -0.25) is 0 Å². The van der Waals surface area contributed by atoms with Crippen LogP contribution in [0.25, 0.3) is 0 Å². The highest BCUT2D eigenvalue weighted by molar-refractivity contribution is 6.31. The Kier molecular flexibility index (Phi) is 6.03. The minimum atomic E-state index is -0.235. The van der Waals surface area contributed by atoms with Crippen molar-refractivity contribution in [3.8, 4) is 0 Å². The lowest BCUT2D eigenvalue weighted by Crippen LogP contribution is -2.52. The zero-order chi connectivity index (χ0) is 15.3. The number of rotatable bonds is 7. The predicted octanol–water partition coefficient (Wildman–Crippen LogP) is 4.35. The van der Waals surface area contributed by atoms with Crippen molar-refractivity contribution in [2.75, 3.05) is 13.7 Å². The summed E-state index contributed by atoms with van der Waals surface area (Å²) < 4.78 is 19.4. The summed E-state index contributed by atoms with van der Waals surface area (Å²) in [4.78, 5) is 0. The first-order chi connectivity index (χ1) is 10.1. The summed E-state index contributed by atoms with van der Waals surface area (Å²) in [7, 11) is 1.79.